The van der Waals surface area contributed by atoms with Crippen LogP contribution in [-0.4, -0.2) is 59.0 Å². The van der Waals surface area contributed by atoms with E-state index < -0.39 is 20.1 Å². The second-order valence-electron chi connectivity index (χ2n) is 7.00. The second-order valence-corrected chi connectivity index (χ2v) is 10.3. The average Bonchev–Trinajstić information content (AvgIpc) is 3.09. The highest BCUT2D eigenvalue weighted by molar-refractivity contribution is 7.88. The minimum atomic E-state index is -4.00. The standard InChI is InChI=1S/C14H21N3O2S.C6H6O3S/c1-15-20(18,19)10-11-4-5-14-13(8-11)12(9-16-14)6-7-17(2)3;7-10(8,9)6-4-2-1-3-5-6/h4-5,8-9,15-16H,6-7,10H2,1-3H3;1-5H,(H,7,8,9). The molecule has 3 N–H and O–H groups in total. The lowest BCUT2D eigenvalue weighted by molar-refractivity contribution is 0.414. The number of H-pyrrole nitrogens is 1. The molecule has 0 atom stereocenters. The summed E-state index contributed by atoms with van der Waals surface area (Å²) < 4.78 is 54.8. The largest absolute Gasteiger partial charge is 0.361 e. The van der Waals surface area contributed by atoms with Crippen LogP contribution in [-0.2, 0) is 32.3 Å². The van der Waals surface area contributed by atoms with Gasteiger partial charge < -0.3 is 9.88 Å². The van der Waals surface area contributed by atoms with Crippen LogP contribution in [0.2, 0.25) is 0 Å². The Labute approximate surface area is 177 Å². The molecule has 2 aromatic carbocycles. The van der Waals surface area contributed by atoms with Gasteiger partial charge in [-0.15, -0.1) is 0 Å². The number of likely N-dealkylation sites (N-methyl/N-ethyl adjacent to an activating group) is 1. The van der Waals surface area contributed by atoms with Crippen molar-refractivity contribution < 1.29 is 21.4 Å². The van der Waals surface area contributed by atoms with Crippen LogP contribution in [0.3, 0.4) is 0 Å². The molecule has 30 heavy (non-hydrogen) atoms. The number of hydrogen-bond donors (Lipinski definition) is 3. The van der Waals surface area contributed by atoms with Gasteiger partial charge >= 0.3 is 0 Å². The number of benzene rings is 2. The van der Waals surface area contributed by atoms with Crippen LogP contribution in [0.1, 0.15) is 11.1 Å². The van der Waals surface area contributed by atoms with Crippen molar-refractivity contribution in [2.75, 3.05) is 27.7 Å². The summed E-state index contributed by atoms with van der Waals surface area (Å²) in [7, 11) is -1.71. The lowest BCUT2D eigenvalue weighted by Gasteiger charge is -2.08. The van der Waals surface area contributed by atoms with E-state index in [1.54, 1.807) is 18.2 Å². The maximum Gasteiger partial charge on any atom is 0.294 e. The number of aromatic nitrogens is 1. The Hall–Kier alpha value is -2.24. The molecule has 0 radical (unpaired) electrons. The maximum absolute atomic E-state index is 11.6. The Balaban J connectivity index is 0.000000269. The number of nitrogens with zero attached hydrogens (tertiary/aromatic N) is 1. The predicted molar refractivity (Wildman–Crippen MR) is 118 cm³/mol. The molecular weight excluding hydrogens is 426 g/mol. The third-order valence-corrected chi connectivity index (χ3v) is 6.57. The van der Waals surface area contributed by atoms with Gasteiger partial charge in [-0.05, 0) is 63.0 Å². The molecule has 0 amide bonds. The van der Waals surface area contributed by atoms with Crippen molar-refractivity contribution in [2.24, 2.45) is 0 Å². The van der Waals surface area contributed by atoms with Crippen molar-refractivity contribution in [1.82, 2.24) is 14.6 Å². The fourth-order valence-corrected chi connectivity index (χ4v) is 4.01. The van der Waals surface area contributed by atoms with Gasteiger partial charge in [0.2, 0.25) is 10.0 Å². The zero-order chi connectivity index (χ0) is 22.4. The number of aromatic amines is 1. The minimum absolute atomic E-state index is 0.0116. The molecule has 0 unspecified atom stereocenters. The summed E-state index contributed by atoms with van der Waals surface area (Å²) >= 11 is 0. The molecule has 0 saturated carbocycles. The van der Waals surface area contributed by atoms with Gasteiger partial charge in [-0.25, -0.2) is 13.1 Å². The summed E-state index contributed by atoms with van der Waals surface area (Å²) in [5.41, 5.74) is 3.07. The lowest BCUT2D eigenvalue weighted by Crippen LogP contribution is -2.20. The molecule has 10 heteroatoms. The number of rotatable bonds is 7. The number of nitrogens with one attached hydrogen (secondary N) is 2. The third kappa shape index (κ3) is 7.22. The van der Waals surface area contributed by atoms with Crippen molar-refractivity contribution in [3.8, 4) is 0 Å². The molecule has 164 valence electrons. The Kier molecular flexibility index (Phi) is 8.16. The summed E-state index contributed by atoms with van der Waals surface area (Å²) in [5, 5.41) is 1.11. The first-order valence-electron chi connectivity index (χ1n) is 9.19. The zero-order valence-electron chi connectivity index (χ0n) is 17.2. The monoisotopic (exact) mass is 453 g/mol. The second kappa shape index (κ2) is 10.2. The van der Waals surface area contributed by atoms with Gasteiger partial charge in [0, 0.05) is 23.6 Å². The fourth-order valence-electron chi connectivity index (χ4n) is 2.75. The number of hydrogen-bond acceptors (Lipinski definition) is 5. The van der Waals surface area contributed by atoms with E-state index in [1.807, 2.05) is 38.5 Å². The zero-order valence-corrected chi connectivity index (χ0v) is 18.8. The Morgan fingerprint density at radius 2 is 1.70 bits per heavy atom. The van der Waals surface area contributed by atoms with Gasteiger partial charge in [0.15, 0.2) is 0 Å². The van der Waals surface area contributed by atoms with Crippen LogP contribution in [0, 0.1) is 0 Å². The van der Waals surface area contributed by atoms with Crippen LogP contribution >= 0.6 is 0 Å². The predicted octanol–water partition coefficient (Wildman–Crippen LogP) is 2.25. The Bertz CT molecular complexity index is 1170. The molecule has 8 nitrogen and oxygen atoms in total. The summed E-state index contributed by atoms with van der Waals surface area (Å²) in [6.07, 6.45) is 2.94. The van der Waals surface area contributed by atoms with E-state index in [2.05, 4.69) is 14.6 Å². The average molecular weight is 454 g/mol. The van der Waals surface area contributed by atoms with Crippen LogP contribution in [0.25, 0.3) is 10.9 Å². The molecule has 3 rings (SSSR count). The first kappa shape index (κ1) is 24.0. The summed E-state index contributed by atoms with van der Waals surface area (Å²) in [5.74, 6) is 0.0116. The van der Waals surface area contributed by atoms with E-state index >= 15 is 0 Å². The van der Waals surface area contributed by atoms with Gasteiger partial charge in [-0.1, -0.05) is 24.3 Å². The van der Waals surface area contributed by atoms with E-state index in [1.165, 1.54) is 24.7 Å². The molecule has 1 heterocycles. The van der Waals surface area contributed by atoms with Crippen LogP contribution in [0.5, 0.6) is 0 Å². The topological polar surface area (TPSA) is 120 Å². The normalized spacial score (nSPS) is 12.0. The third-order valence-electron chi connectivity index (χ3n) is 4.37. The van der Waals surface area contributed by atoms with E-state index in [-0.39, 0.29) is 10.6 Å². The molecule has 0 fully saturated rings. The minimum Gasteiger partial charge on any atom is -0.361 e. The first-order valence-corrected chi connectivity index (χ1v) is 12.3. The van der Waals surface area contributed by atoms with Crippen molar-refractivity contribution in [2.45, 2.75) is 17.1 Å². The Morgan fingerprint density at radius 3 is 2.23 bits per heavy atom. The maximum atomic E-state index is 11.6. The Morgan fingerprint density at radius 1 is 1.03 bits per heavy atom. The van der Waals surface area contributed by atoms with Gasteiger partial charge in [0.1, 0.15) is 0 Å². The van der Waals surface area contributed by atoms with Gasteiger partial charge in [0.05, 0.1) is 10.6 Å². The molecule has 0 spiro atoms. The number of fused-ring (bicyclic) bond motifs is 1. The summed E-state index contributed by atoms with van der Waals surface area (Å²) in [6, 6.07) is 13.2. The fraction of sp³-hybridized carbons (Fsp3) is 0.300. The molecule has 1 aromatic heterocycles. The molecule has 0 aliphatic carbocycles. The van der Waals surface area contributed by atoms with Crippen molar-refractivity contribution in [1.29, 1.82) is 0 Å². The van der Waals surface area contributed by atoms with Crippen LogP contribution in [0.4, 0.5) is 0 Å². The first-order chi connectivity index (χ1) is 14.0. The molecule has 0 saturated heterocycles. The van der Waals surface area contributed by atoms with Crippen molar-refractivity contribution >= 4 is 31.0 Å². The highest BCUT2D eigenvalue weighted by atomic mass is 32.2. The quantitative estimate of drug-likeness (QED) is 0.472. The van der Waals surface area contributed by atoms with E-state index in [0.29, 0.717) is 0 Å². The van der Waals surface area contributed by atoms with Crippen LogP contribution < -0.4 is 4.72 Å². The highest BCUT2D eigenvalue weighted by Crippen LogP contribution is 2.21. The van der Waals surface area contributed by atoms with Gasteiger partial charge in [-0.3, -0.25) is 4.55 Å². The van der Waals surface area contributed by atoms with Crippen LogP contribution in [0.15, 0.2) is 59.6 Å². The lowest BCUT2D eigenvalue weighted by atomic mass is 10.1. The van der Waals surface area contributed by atoms with Gasteiger partial charge in [-0.2, -0.15) is 8.42 Å². The molecule has 0 bridgehead atoms. The summed E-state index contributed by atoms with van der Waals surface area (Å²) in [4.78, 5) is 5.29. The van der Waals surface area contributed by atoms with Crippen molar-refractivity contribution in [3.05, 3.63) is 65.9 Å². The summed E-state index contributed by atoms with van der Waals surface area (Å²) in [6.45, 7) is 0.964. The van der Waals surface area contributed by atoms with Crippen molar-refractivity contribution in [3.63, 3.8) is 0 Å². The number of sulfonamides is 1. The van der Waals surface area contributed by atoms with E-state index in [9.17, 15) is 16.8 Å². The SMILES string of the molecule is CNS(=O)(=O)Cc1ccc2[nH]cc(CCN(C)C)c2c1.O=S(=O)(O)c1ccccc1. The highest BCUT2D eigenvalue weighted by Gasteiger charge is 2.11. The van der Waals surface area contributed by atoms with E-state index in [0.717, 1.165) is 29.4 Å². The molecule has 0 aliphatic rings. The smallest absolute Gasteiger partial charge is 0.294 e. The molecule has 3 aromatic rings. The van der Waals surface area contributed by atoms with E-state index in [4.69, 9.17) is 4.55 Å². The molecule has 0 aliphatic heterocycles. The molecular formula is C20H27N3O5S2. The van der Waals surface area contributed by atoms with Gasteiger partial charge in [0.25, 0.3) is 10.1 Å².